The predicted molar refractivity (Wildman–Crippen MR) is 137 cm³/mol. The van der Waals surface area contributed by atoms with Crippen LogP contribution in [0.3, 0.4) is 0 Å². The third kappa shape index (κ3) is 7.40. The molecule has 0 heterocycles. The van der Waals surface area contributed by atoms with E-state index < -0.39 is 0 Å². The first kappa shape index (κ1) is 23.8. The summed E-state index contributed by atoms with van der Waals surface area (Å²) in [5.41, 5.74) is 8.91. The summed E-state index contributed by atoms with van der Waals surface area (Å²) in [5.74, 6) is 0. The summed E-state index contributed by atoms with van der Waals surface area (Å²) < 4.78 is 0. The highest BCUT2D eigenvalue weighted by atomic mass is 32.2. The first-order valence-corrected chi connectivity index (χ1v) is 11.6. The molecule has 4 N–H and O–H groups in total. The monoisotopic (exact) mass is 458 g/mol. The summed E-state index contributed by atoms with van der Waals surface area (Å²) in [7, 11) is 0. The van der Waals surface area contributed by atoms with Crippen molar-refractivity contribution in [3.8, 4) is 0 Å². The molecule has 0 bridgehead atoms. The van der Waals surface area contributed by atoms with Gasteiger partial charge in [-0.25, -0.2) is 0 Å². The summed E-state index contributed by atoms with van der Waals surface area (Å²) in [6, 6.07) is 18.0. The Kier molecular flexibility index (Phi) is 10.3. The molecule has 0 fully saturated rings. The number of hydrogen-bond acceptors (Lipinski definition) is 5. The van der Waals surface area contributed by atoms with E-state index in [4.69, 9.17) is 24.4 Å². The van der Waals surface area contributed by atoms with Crippen LogP contribution in [0.1, 0.15) is 25.0 Å². The summed E-state index contributed by atoms with van der Waals surface area (Å²) in [5, 5.41) is 16.1. The Labute approximate surface area is 193 Å². The van der Waals surface area contributed by atoms with Gasteiger partial charge in [0.25, 0.3) is 0 Å². The maximum absolute atomic E-state index is 5.29. The van der Waals surface area contributed by atoms with Crippen molar-refractivity contribution in [3.05, 3.63) is 65.7 Å². The number of hydrazone groups is 2. The van der Waals surface area contributed by atoms with Crippen LogP contribution in [0.2, 0.25) is 0 Å². The Hall–Kier alpha value is -2.49. The fourth-order valence-electron chi connectivity index (χ4n) is 2.47. The van der Waals surface area contributed by atoms with Gasteiger partial charge in [0, 0.05) is 29.1 Å². The topological polar surface area (TPSA) is 72.8 Å². The van der Waals surface area contributed by atoms with Crippen LogP contribution in [0.4, 0.5) is 0 Å². The van der Waals surface area contributed by atoms with E-state index in [0.717, 1.165) is 11.1 Å². The van der Waals surface area contributed by atoms with Crippen LogP contribution in [0.25, 0.3) is 0 Å². The van der Waals surface area contributed by atoms with Gasteiger partial charge in [0.2, 0.25) is 0 Å². The van der Waals surface area contributed by atoms with Crippen LogP contribution >= 0.6 is 36.2 Å². The first-order valence-electron chi connectivity index (χ1n) is 9.52. The van der Waals surface area contributed by atoms with Gasteiger partial charge in [0.05, 0.1) is 0 Å². The predicted octanol–water partition coefficient (Wildman–Crippen LogP) is 3.48. The molecule has 30 heavy (non-hydrogen) atoms. The lowest BCUT2D eigenvalue weighted by Gasteiger charge is -2.14. The van der Waals surface area contributed by atoms with Gasteiger partial charge in [-0.05, 0) is 56.7 Å². The summed E-state index contributed by atoms with van der Waals surface area (Å²) >= 11 is 12.3. The van der Waals surface area contributed by atoms with E-state index >= 15 is 0 Å². The summed E-state index contributed by atoms with van der Waals surface area (Å²) in [4.78, 5) is 1.17. The van der Waals surface area contributed by atoms with Gasteiger partial charge in [-0.2, -0.15) is 10.2 Å². The Balaban J connectivity index is 2.52. The van der Waals surface area contributed by atoms with Crippen molar-refractivity contribution in [2.75, 3.05) is 19.3 Å². The van der Waals surface area contributed by atoms with Crippen molar-refractivity contribution in [3.63, 3.8) is 0 Å². The molecule has 0 spiro atoms. The van der Waals surface area contributed by atoms with Crippen molar-refractivity contribution in [2.45, 2.75) is 18.7 Å². The zero-order valence-electron chi connectivity index (χ0n) is 17.2. The van der Waals surface area contributed by atoms with E-state index in [9.17, 15) is 0 Å². The molecule has 0 aliphatic carbocycles. The van der Waals surface area contributed by atoms with Crippen molar-refractivity contribution < 1.29 is 0 Å². The Morgan fingerprint density at radius 2 is 1.23 bits per heavy atom. The molecule has 0 aliphatic heterocycles. The molecule has 158 valence electrons. The fraction of sp³-hybridized carbons (Fsp3) is 0.238. The van der Waals surface area contributed by atoms with E-state index in [2.05, 4.69) is 43.8 Å². The van der Waals surface area contributed by atoms with Gasteiger partial charge in [0.15, 0.2) is 10.2 Å². The second-order valence-corrected chi connectivity index (χ2v) is 7.65. The van der Waals surface area contributed by atoms with Crippen LogP contribution in [0.5, 0.6) is 0 Å². The molecule has 0 saturated heterocycles. The van der Waals surface area contributed by atoms with Crippen molar-refractivity contribution in [1.29, 1.82) is 0 Å². The van der Waals surface area contributed by atoms with Crippen molar-refractivity contribution >= 4 is 57.8 Å². The zero-order valence-corrected chi connectivity index (χ0v) is 19.7. The molecule has 0 aromatic heterocycles. The molecule has 0 aliphatic rings. The first-order chi connectivity index (χ1) is 14.6. The van der Waals surface area contributed by atoms with Crippen LogP contribution in [-0.2, 0) is 0 Å². The van der Waals surface area contributed by atoms with Gasteiger partial charge in [-0.15, -0.1) is 11.8 Å². The number of hydrogen-bond donors (Lipinski definition) is 4. The zero-order chi connectivity index (χ0) is 21.8. The SMILES string of the molecule is CCNC(=S)NN=C(C(=NNC(=S)NCC)c1ccc(SC)cc1)c1ccccc1. The minimum atomic E-state index is 0.444. The Bertz CT molecular complexity index is 895. The summed E-state index contributed by atoms with van der Waals surface area (Å²) in [6.45, 7) is 5.36. The molecular formula is C21H26N6S3. The van der Waals surface area contributed by atoms with Crippen LogP contribution in [0, 0.1) is 0 Å². The molecule has 2 aromatic rings. The molecule has 0 radical (unpaired) electrons. The average Bonchev–Trinajstić information content (AvgIpc) is 2.77. The highest BCUT2D eigenvalue weighted by molar-refractivity contribution is 7.98. The molecule has 2 rings (SSSR count). The van der Waals surface area contributed by atoms with Gasteiger partial charge in [0.1, 0.15) is 11.4 Å². The van der Waals surface area contributed by atoms with E-state index in [1.165, 1.54) is 4.90 Å². The van der Waals surface area contributed by atoms with Crippen LogP contribution < -0.4 is 21.5 Å². The molecular weight excluding hydrogens is 432 g/mol. The second-order valence-electron chi connectivity index (χ2n) is 5.96. The molecule has 6 nitrogen and oxygen atoms in total. The minimum Gasteiger partial charge on any atom is -0.362 e. The molecule has 9 heteroatoms. The van der Waals surface area contributed by atoms with E-state index in [-0.39, 0.29) is 0 Å². The Morgan fingerprint density at radius 3 is 1.67 bits per heavy atom. The lowest BCUT2D eigenvalue weighted by molar-refractivity contribution is 0.897. The molecule has 2 aromatic carbocycles. The third-order valence-corrected chi connectivity index (χ3v) is 5.06. The number of thioether (sulfide) groups is 1. The van der Waals surface area contributed by atoms with E-state index in [1.807, 2.05) is 62.6 Å². The molecule has 0 saturated carbocycles. The summed E-state index contributed by atoms with van der Waals surface area (Å²) in [6.07, 6.45) is 2.04. The Morgan fingerprint density at radius 1 is 0.767 bits per heavy atom. The second kappa shape index (κ2) is 12.9. The standard InChI is InChI=1S/C21H26N6S3/c1-4-22-20(28)26-24-18(15-9-7-6-8-10-15)19(25-27-21(29)23-5-2)16-11-13-17(30-3)14-12-16/h6-14H,4-5H2,1-3H3,(H2,22,26,28)(H2,23,27,29). The van der Waals surface area contributed by atoms with Gasteiger partial charge in [-0.3, -0.25) is 10.9 Å². The number of nitrogens with zero attached hydrogens (tertiary/aromatic N) is 2. The molecule has 0 atom stereocenters. The van der Waals surface area contributed by atoms with Gasteiger partial charge in [-0.1, -0.05) is 42.5 Å². The number of thiocarbonyl (C=S) groups is 2. The lowest BCUT2D eigenvalue weighted by atomic mass is 10.00. The van der Waals surface area contributed by atoms with Gasteiger partial charge >= 0.3 is 0 Å². The van der Waals surface area contributed by atoms with Crippen LogP contribution in [-0.4, -0.2) is 41.0 Å². The van der Waals surface area contributed by atoms with E-state index in [1.54, 1.807) is 11.8 Å². The maximum Gasteiger partial charge on any atom is 0.186 e. The lowest BCUT2D eigenvalue weighted by Crippen LogP contribution is -2.35. The average molecular weight is 459 g/mol. The molecule has 0 amide bonds. The smallest absolute Gasteiger partial charge is 0.186 e. The van der Waals surface area contributed by atoms with Crippen molar-refractivity contribution in [1.82, 2.24) is 21.5 Å². The minimum absolute atomic E-state index is 0.444. The van der Waals surface area contributed by atoms with Gasteiger partial charge < -0.3 is 10.6 Å². The molecule has 0 unspecified atom stereocenters. The highest BCUT2D eigenvalue weighted by Crippen LogP contribution is 2.17. The van der Waals surface area contributed by atoms with Crippen LogP contribution in [0.15, 0.2) is 69.7 Å². The largest absolute Gasteiger partial charge is 0.362 e. The number of rotatable bonds is 8. The fourth-order valence-corrected chi connectivity index (χ4v) is 3.26. The highest BCUT2D eigenvalue weighted by Gasteiger charge is 2.16. The maximum atomic E-state index is 5.29. The quantitative estimate of drug-likeness (QED) is 0.209. The number of benzene rings is 2. The van der Waals surface area contributed by atoms with Crippen molar-refractivity contribution in [2.24, 2.45) is 10.2 Å². The normalized spacial score (nSPS) is 11.6. The third-order valence-electron chi connectivity index (χ3n) is 3.85. The van der Waals surface area contributed by atoms with E-state index in [0.29, 0.717) is 34.7 Å². The number of nitrogens with one attached hydrogen (secondary N) is 4.